The molecule has 0 atom stereocenters. The molecule has 0 amide bonds. The average molecular weight is 324 g/mol. The SMILES string of the molecule is COc1cc(OC)c(Cl)c(-c2ncc3c(n2)CN=C3)c1Cl. The molecule has 108 valence electrons. The van der Waals surface area contributed by atoms with Gasteiger partial charge < -0.3 is 9.47 Å². The Hall–Kier alpha value is -1.85. The topological polar surface area (TPSA) is 56.6 Å². The van der Waals surface area contributed by atoms with Crippen molar-refractivity contribution < 1.29 is 9.47 Å². The van der Waals surface area contributed by atoms with E-state index in [4.69, 9.17) is 32.7 Å². The fourth-order valence-corrected chi connectivity index (χ4v) is 2.76. The molecule has 0 spiro atoms. The number of benzene rings is 1. The van der Waals surface area contributed by atoms with Crippen LogP contribution in [0.25, 0.3) is 11.4 Å². The number of nitrogens with zero attached hydrogens (tertiary/aromatic N) is 3. The molecule has 0 unspecified atom stereocenters. The Morgan fingerprint density at radius 2 is 1.76 bits per heavy atom. The Morgan fingerprint density at radius 1 is 1.10 bits per heavy atom. The van der Waals surface area contributed by atoms with E-state index in [9.17, 15) is 0 Å². The molecule has 0 saturated carbocycles. The van der Waals surface area contributed by atoms with Crippen molar-refractivity contribution in [3.8, 4) is 22.9 Å². The van der Waals surface area contributed by atoms with Crippen LogP contribution in [0.2, 0.25) is 10.0 Å². The molecule has 2 heterocycles. The minimum atomic E-state index is 0.349. The predicted molar refractivity (Wildman–Crippen MR) is 81.9 cm³/mol. The maximum atomic E-state index is 6.35. The second kappa shape index (κ2) is 5.50. The summed E-state index contributed by atoms with van der Waals surface area (Å²) in [6.45, 7) is 0.529. The molecule has 5 nitrogen and oxygen atoms in total. The van der Waals surface area contributed by atoms with Crippen molar-refractivity contribution in [3.05, 3.63) is 33.6 Å². The summed E-state index contributed by atoms with van der Waals surface area (Å²) in [6, 6.07) is 1.63. The number of methoxy groups -OCH3 is 2. The maximum Gasteiger partial charge on any atom is 0.162 e. The summed E-state index contributed by atoms with van der Waals surface area (Å²) < 4.78 is 10.5. The lowest BCUT2D eigenvalue weighted by Crippen LogP contribution is -1.99. The first-order valence-corrected chi connectivity index (χ1v) is 6.87. The third kappa shape index (κ3) is 2.32. The van der Waals surface area contributed by atoms with Crippen LogP contribution >= 0.6 is 23.2 Å². The summed E-state index contributed by atoms with van der Waals surface area (Å²) in [5, 5.41) is 0.698. The highest BCUT2D eigenvalue weighted by Crippen LogP contribution is 2.44. The highest BCUT2D eigenvalue weighted by Gasteiger charge is 2.22. The molecule has 0 saturated heterocycles. The van der Waals surface area contributed by atoms with Gasteiger partial charge in [0.1, 0.15) is 11.5 Å². The van der Waals surface area contributed by atoms with E-state index >= 15 is 0 Å². The molecule has 1 aromatic carbocycles. The van der Waals surface area contributed by atoms with Gasteiger partial charge in [-0.1, -0.05) is 23.2 Å². The Morgan fingerprint density at radius 3 is 2.38 bits per heavy atom. The first-order chi connectivity index (χ1) is 10.2. The quantitative estimate of drug-likeness (QED) is 0.868. The fourth-order valence-electron chi connectivity index (χ4n) is 2.09. The number of hydrogen-bond acceptors (Lipinski definition) is 5. The van der Waals surface area contributed by atoms with E-state index in [1.54, 1.807) is 18.5 Å². The van der Waals surface area contributed by atoms with Crippen LogP contribution in [0.5, 0.6) is 11.5 Å². The summed E-state index contributed by atoms with van der Waals surface area (Å²) in [5.41, 5.74) is 2.24. The highest BCUT2D eigenvalue weighted by molar-refractivity contribution is 6.40. The number of fused-ring (bicyclic) bond motifs is 1. The molecule has 1 aromatic heterocycles. The molecule has 3 rings (SSSR count). The fraction of sp³-hybridized carbons (Fsp3) is 0.214. The minimum absolute atomic E-state index is 0.349. The Balaban J connectivity index is 2.22. The Bertz CT molecular complexity index is 719. The van der Waals surface area contributed by atoms with Crippen molar-refractivity contribution in [2.45, 2.75) is 6.54 Å². The van der Waals surface area contributed by atoms with E-state index < -0.39 is 0 Å². The van der Waals surface area contributed by atoms with Gasteiger partial charge >= 0.3 is 0 Å². The summed E-state index contributed by atoms with van der Waals surface area (Å²) in [4.78, 5) is 12.9. The normalized spacial score (nSPS) is 12.4. The molecular weight excluding hydrogens is 313 g/mol. The van der Waals surface area contributed by atoms with Gasteiger partial charge in [-0.2, -0.15) is 0 Å². The van der Waals surface area contributed by atoms with Gasteiger partial charge in [0.05, 0.1) is 42.1 Å². The molecule has 1 aliphatic rings. The highest BCUT2D eigenvalue weighted by atomic mass is 35.5. The third-order valence-electron chi connectivity index (χ3n) is 3.17. The van der Waals surface area contributed by atoms with Crippen molar-refractivity contribution in [1.29, 1.82) is 0 Å². The van der Waals surface area contributed by atoms with E-state index in [1.807, 2.05) is 0 Å². The Labute approximate surface area is 131 Å². The van der Waals surface area contributed by atoms with Gasteiger partial charge in [0.15, 0.2) is 5.82 Å². The zero-order chi connectivity index (χ0) is 15.0. The molecule has 0 N–H and O–H groups in total. The lowest BCUT2D eigenvalue weighted by Gasteiger charge is -2.14. The van der Waals surface area contributed by atoms with Gasteiger partial charge in [0, 0.05) is 24.0 Å². The van der Waals surface area contributed by atoms with Crippen LogP contribution < -0.4 is 9.47 Å². The molecule has 0 bridgehead atoms. The first kappa shape index (κ1) is 14.1. The largest absolute Gasteiger partial charge is 0.495 e. The van der Waals surface area contributed by atoms with Crippen LogP contribution in [0, 0.1) is 0 Å². The lowest BCUT2D eigenvalue weighted by molar-refractivity contribution is 0.395. The van der Waals surface area contributed by atoms with Crippen LogP contribution in [0.1, 0.15) is 11.3 Å². The average Bonchev–Trinajstić information content (AvgIpc) is 2.95. The van der Waals surface area contributed by atoms with Crippen LogP contribution in [-0.2, 0) is 6.54 Å². The summed E-state index contributed by atoms with van der Waals surface area (Å²) in [5.74, 6) is 1.33. The van der Waals surface area contributed by atoms with Gasteiger partial charge in [-0.05, 0) is 0 Å². The zero-order valence-electron chi connectivity index (χ0n) is 11.4. The standard InChI is InChI=1S/C14H11Cl2N3O2/c1-20-9-3-10(21-2)13(16)11(12(9)15)14-18-5-7-4-17-6-8(7)19-14/h3-5H,6H2,1-2H3. The molecule has 0 fully saturated rings. The molecule has 21 heavy (non-hydrogen) atoms. The van der Waals surface area contributed by atoms with Gasteiger partial charge in [0.25, 0.3) is 0 Å². The number of rotatable bonds is 3. The minimum Gasteiger partial charge on any atom is -0.495 e. The van der Waals surface area contributed by atoms with Gasteiger partial charge in [-0.3, -0.25) is 4.99 Å². The molecule has 1 aliphatic heterocycles. The first-order valence-electron chi connectivity index (χ1n) is 6.11. The lowest BCUT2D eigenvalue weighted by atomic mass is 10.1. The number of aliphatic imine (C=N–C) groups is 1. The molecule has 7 heteroatoms. The second-order valence-electron chi connectivity index (χ2n) is 4.35. The summed E-state index contributed by atoms with van der Waals surface area (Å²) in [7, 11) is 3.05. The van der Waals surface area contributed by atoms with Crippen molar-refractivity contribution in [1.82, 2.24) is 9.97 Å². The second-order valence-corrected chi connectivity index (χ2v) is 5.11. The van der Waals surface area contributed by atoms with E-state index in [0.29, 0.717) is 39.5 Å². The number of hydrogen-bond donors (Lipinski definition) is 0. The van der Waals surface area contributed by atoms with Gasteiger partial charge in [-0.25, -0.2) is 9.97 Å². The summed E-state index contributed by atoms with van der Waals surface area (Å²) >= 11 is 12.7. The van der Waals surface area contributed by atoms with E-state index in [2.05, 4.69) is 15.0 Å². The molecule has 0 aliphatic carbocycles. The monoisotopic (exact) mass is 323 g/mol. The zero-order valence-corrected chi connectivity index (χ0v) is 12.9. The molecular formula is C14H11Cl2N3O2. The predicted octanol–water partition coefficient (Wildman–Crippen LogP) is 3.40. The number of ether oxygens (including phenoxy) is 2. The van der Waals surface area contributed by atoms with E-state index in [1.165, 1.54) is 14.2 Å². The summed E-state index contributed by atoms with van der Waals surface area (Å²) in [6.07, 6.45) is 3.45. The number of halogens is 2. The van der Waals surface area contributed by atoms with Crippen LogP contribution in [0.3, 0.4) is 0 Å². The number of aromatic nitrogens is 2. The maximum absolute atomic E-state index is 6.35. The van der Waals surface area contributed by atoms with Crippen molar-refractivity contribution in [3.63, 3.8) is 0 Å². The van der Waals surface area contributed by atoms with Crippen LogP contribution in [0.15, 0.2) is 17.3 Å². The molecule has 2 aromatic rings. The van der Waals surface area contributed by atoms with Gasteiger partial charge in [-0.15, -0.1) is 0 Å². The van der Waals surface area contributed by atoms with Crippen molar-refractivity contribution >= 4 is 29.4 Å². The van der Waals surface area contributed by atoms with Gasteiger partial charge in [0.2, 0.25) is 0 Å². The van der Waals surface area contributed by atoms with Crippen molar-refractivity contribution in [2.75, 3.05) is 14.2 Å². The molecule has 0 radical (unpaired) electrons. The van der Waals surface area contributed by atoms with E-state index in [-0.39, 0.29) is 0 Å². The van der Waals surface area contributed by atoms with Crippen LogP contribution in [0.4, 0.5) is 0 Å². The smallest absolute Gasteiger partial charge is 0.162 e. The Kier molecular flexibility index (Phi) is 3.69. The van der Waals surface area contributed by atoms with Crippen molar-refractivity contribution in [2.24, 2.45) is 4.99 Å². The van der Waals surface area contributed by atoms with Crippen LogP contribution in [-0.4, -0.2) is 30.4 Å². The third-order valence-corrected chi connectivity index (χ3v) is 3.92. The van der Waals surface area contributed by atoms with E-state index in [0.717, 1.165) is 11.3 Å².